The molecular formula is C18H17BrN4O5. The molecule has 2 amide bonds. The van der Waals surface area contributed by atoms with Crippen LogP contribution in [-0.2, 0) is 4.79 Å². The summed E-state index contributed by atoms with van der Waals surface area (Å²) in [6, 6.07) is 10.2. The molecule has 0 aliphatic rings. The quantitative estimate of drug-likeness (QED) is 0.247. The maximum Gasteiger partial charge on any atom is 0.270 e. The van der Waals surface area contributed by atoms with Crippen LogP contribution in [0.15, 0.2) is 52.0 Å². The van der Waals surface area contributed by atoms with Gasteiger partial charge in [-0.05, 0) is 30.7 Å². The zero-order chi connectivity index (χ0) is 20.5. The van der Waals surface area contributed by atoms with Gasteiger partial charge in [0.1, 0.15) is 5.75 Å². The number of non-ortho nitro benzene ring substituents is 1. The first kappa shape index (κ1) is 21.0. The summed E-state index contributed by atoms with van der Waals surface area (Å²) in [6.45, 7) is 0.227. The van der Waals surface area contributed by atoms with Gasteiger partial charge in [-0.2, -0.15) is 5.10 Å². The molecule has 28 heavy (non-hydrogen) atoms. The molecule has 0 unspecified atom stereocenters. The Morgan fingerprint density at radius 3 is 2.79 bits per heavy atom. The van der Waals surface area contributed by atoms with Crippen LogP contribution in [0.4, 0.5) is 5.69 Å². The lowest BCUT2D eigenvalue weighted by atomic mass is 10.2. The van der Waals surface area contributed by atoms with Gasteiger partial charge in [0.2, 0.25) is 5.91 Å². The van der Waals surface area contributed by atoms with Gasteiger partial charge in [-0.1, -0.05) is 22.0 Å². The number of nitro benzene ring substituents is 1. The maximum absolute atomic E-state index is 12.0. The van der Waals surface area contributed by atoms with Crippen LogP contribution in [0.25, 0.3) is 0 Å². The summed E-state index contributed by atoms with van der Waals surface area (Å²) in [6.07, 6.45) is 1.81. The van der Waals surface area contributed by atoms with Crippen LogP contribution in [0.3, 0.4) is 0 Å². The lowest BCUT2D eigenvalue weighted by Crippen LogP contribution is -2.26. The largest absolute Gasteiger partial charge is 0.507 e. The van der Waals surface area contributed by atoms with Gasteiger partial charge < -0.3 is 10.4 Å². The highest BCUT2D eigenvalue weighted by Crippen LogP contribution is 2.19. The molecule has 0 heterocycles. The third kappa shape index (κ3) is 6.47. The summed E-state index contributed by atoms with van der Waals surface area (Å²) >= 11 is 3.27. The Labute approximate surface area is 168 Å². The average Bonchev–Trinajstić information content (AvgIpc) is 2.67. The fourth-order valence-electron chi connectivity index (χ4n) is 2.17. The van der Waals surface area contributed by atoms with E-state index in [2.05, 4.69) is 31.8 Å². The summed E-state index contributed by atoms with van der Waals surface area (Å²) in [5, 5.41) is 26.8. The van der Waals surface area contributed by atoms with E-state index < -0.39 is 10.8 Å². The number of rotatable bonds is 8. The summed E-state index contributed by atoms with van der Waals surface area (Å²) in [5.74, 6) is -0.771. The minimum absolute atomic E-state index is 0.0325. The number of benzene rings is 2. The Morgan fingerprint density at radius 1 is 1.25 bits per heavy atom. The number of nitrogens with one attached hydrogen (secondary N) is 2. The summed E-state index contributed by atoms with van der Waals surface area (Å²) < 4.78 is 0.762. The first-order valence-corrected chi connectivity index (χ1v) is 8.99. The van der Waals surface area contributed by atoms with Gasteiger partial charge in [0, 0.05) is 40.7 Å². The number of hydrogen-bond donors (Lipinski definition) is 3. The van der Waals surface area contributed by atoms with Gasteiger partial charge in [-0.25, -0.2) is 5.43 Å². The number of aromatic hydroxyl groups is 1. The third-order valence-electron chi connectivity index (χ3n) is 3.57. The number of phenolic OH excluding ortho intramolecular Hbond substituents is 1. The Hall–Kier alpha value is -3.27. The van der Waals surface area contributed by atoms with Crippen molar-refractivity contribution in [2.45, 2.75) is 12.8 Å². The molecule has 0 aliphatic heterocycles. The Bertz CT molecular complexity index is 917. The molecule has 0 spiro atoms. The van der Waals surface area contributed by atoms with Crippen LogP contribution in [-0.4, -0.2) is 34.6 Å². The highest BCUT2D eigenvalue weighted by Gasteiger charge is 2.11. The van der Waals surface area contributed by atoms with Crippen LogP contribution < -0.4 is 10.7 Å². The van der Waals surface area contributed by atoms with Gasteiger partial charge in [-0.3, -0.25) is 19.7 Å². The number of carbonyl (C=O) groups excluding carboxylic acids is 2. The van der Waals surface area contributed by atoms with Crippen LogP contribution in [0.2, 0.25) is 0 Å². The van der Waals surface area contributed by atoms with Gasteiger partial charge in [0.15, 0.2) is 0 Å². The molecule has 2 rings (SSSR count). The standard InChI is InChI=1S/C18H17BrN4O5/c19-14-6-7-16(24)13(9-14)11-21-22-17(25)5-2-8-20-18(26)12-3-1-4-15(10-12)23(27)28/h1,3-4,6-7,9-11,24H,2,5,8H2,(H,20,26)(H,22,25). The van der Waals surface area contributed by atoms with E-state index in [-0.39, 0.29) is 35.9 Å². The maximum atomic E-state index is 12.0. The molecule has 0 fully saturated rings. The molecule has 0 atom stereocenters. The van der Waals surface area contributed by atoms with Gasteiger partial charge in [0.25, 0.3) is 11.6 Å². The van der Waals surface area contributed by atoms with E-state index in [9.17, 15) is 24.8 Å². The molecule has 0 aliphatic carbocycles. The zero-order valence-electron chi connectivity index (χ0n) is 14.6. The van der Waals surface area contributed by atoms with Crippen molar-refractivity contribution in [2.75, 3.05) is 6.54 Å². The van der Waals surface area contributed by atoms with Crippen molar-refractivity contribution < 1.29 is 19.6 Å². The molecular weight excluding hydrogens is 432 g/mol. The van der Waals surface area contributed by atoms with Crippen molar-refractivity contribution in [3.63, 3.8) is 0 Å². The molecule has 146 valence electrons. The molecule has 3 N–H and O–H groups in total. The Morgan fingerprint density at radius 2 is 2.04 bits per heavy atom. The van der Waals surface area contributed by atoms with Crippen LogP contribution >= 0.6 is 15.9 Å². The third-order valence-corrected chi connectivity index (χ3v) is 4.06. The van der Waals surface area contributed by atoms with Crippen molar-refractivity contribution >= 4 is 39.6 Å². The van der Waals surface area contributed by atoms with Gasteiger partial charge >= 0.3 is 0 Å². The topological polar surface area (TPSA) is 134 Å². The number of nitro groups is 1. The number of nitrogens with zero attached hydrogens (tertiary/aromatic N) is 2. The molecule has 0 aromatic heterocycles. The number of halogens is 1. The number of hydrazone groups is 1. The van der Waals surface area contributed by atoms with E-state index in [1.54, 1.807) is 12.1 Å². The fourth-order valence-corrected chi connectivity index (χ4v) is 2.55. The molecule has 2 aromatic carbocycles. The Balaban J connectivity index is 1.73. The lowest BCUT2D eigenvalue weighted by Gasteiger charge is -2.05. The van der Waals surface area contributed by atoms with Crippen molar-refractivity contribution in [2.24, 2.45) is 5.10 Å². The number of phenols is 1. The minimum atomic E-state index is -0.574. The monoisotopic (exact) mass is 448 g/mol. The highest BCUT2D eigenvalue weighted by atomic mass is 79.9. The van der Waals surface area contributed by atoms with E-state index >= 15 is 0 Å². The zero-order valence-corrected chi connectivity index (χ0v) is 16.2. The van der Waals surface area contributed by atoms with Crippen molar-refractivity contribution in [3.05, 3.63) is 68.2 Å². The average molecular weight is 449 g/mol. The highest BCUT2D eigenvalue weighted by molar-refractivity contribution is 9.10. The first-order chi connectivity index (χ1) is 13.4. The predicted molar refractivity (Wildman–Crippen MR) is 106 cm³/mol. The lowest BCUT2D eigenvalue weighted by molar-refractivity contribution is -0.384. The first-order valence-electron chi connectivity index (χ1n) is 8.20. The van der Waals surface area contributed by atoms with Crippen molar-refractivity contribution in [3.8, 4) is 5.75 Å². The summed E-state index contributed by atoms with van der Waals surface area (Å²) in [5.41, 5.74) is 2.79. The summed E-state index contributed by atoms with van der Waals surface area (Å²) in [4.78, 5) is 33.9. The molecule has 0 radical (unpaired) electrons. The van der Waals surface area contributed by atoms with Crippen molar-refractivity contribution in [1.29, 1.82) is 0 Å². The number of hydrogen-bond acceptors (Lipinski definition) is 6. The molecule has 2 aromatic rings. The normalized spacial score (nSPS) is 10.6. The second-order valence-corrected chi connectivity index (χ2v) is 6.58. The van der Waals surface area contributed by atoms with Crippen LogP contribution in [0.1, 0.15) is 28.8 Å². The van der Waals surface area contributed by atoms with Crippen LogP contribution in [0.5, 0.6) is 5.75 Å². The smallest absolute Gasteiger partial charge is 0.270 e. The van der Waals surface area contributed by atoms with E-state index in [0.29, 0.717) is 12.0 Å². The van der Waals surface area contributed by atoms with Gasteiger partial charge in [0.05, 0.1) is 11.1 Å². The SMILES string of the molecule is O=C(CCCNC(=O)c1cccc([N+](=O)[O-])c1)NN=Cc1cc(Br)ccc1O. The van der Waals surface area contributed by atoms with E-state index in [0.717, 1.165) is 4.47 Å². The van der Waals surface area contributed by atoms with Crippen LogP contribution in [0, 0.1) is 10.1 Å². The second-order valence-electron chi connectivity index (χ2n) is 5.66. The number of carbonyl (C=O) groups is 2. The van der Waals surface area contributed by atoms with E-state index in [4.69, 9.17) is 0 Å². The van der Waals surface area contributed by atoms with E-state index in [1.165, 1.54) is 36.5 Å². The fraction of sp³-hybridized carbons (Fsp3) is 0.167. The van der Waals surface area contributed by atoms with Gasteiger partial charge in [-0.15, -0.1) is 0 Å². The number of amides is 2. The molecule has 0 saturated carbocycles. The molecule has 0 saturated heterocycles. The molecule has 10 heteroatoms. The molecule has 0 bridgehead atoms. The molecule has 9 nitrogen and oxygen atoms in total. The minimum Gasteiger partial charge on any atom is -0.507 e. The summed E-state index contributed by atoms with van der Waals surface area (Å²) in [7, 11) is 0. The predicted octanol–water partition coefficient (Wildman–Crippen LogP) is 2.72. The Kier molecular flexibility index (Phi) is 7.64. The second kappa shape index (κ2) is 10.2. The van der Waals surface area contributed by atoms with Crippen molar-refractivity contribution in [1.82, 2.24) is 10.7 Å². The van der Waals surface area contributed by atoms with E-state index in [1.807, 2.05) is 0 Å².